The molecule has 2 aliphatic heterocycles. The van der Waals surface area contributed by atoms with Crippen molar-refractivity contribution in [2.45, 2.75) is 11.3 Å². The third-order valence-corrected chi connectivity index (χ3v) is 5.56. The lowest BCUT2D eigenvalue weighted by Gasteiger charge is -2.41. The number of carbonyl (C=O) groups is 1. The zero-order valence-electron chi connectivity index (χ0n) is 11.0. The topological polar surface area (TPSA) is 33.2 Å². The van der Waals surface area contributed by atoms with Crippen molar-refractivity contribution in [2.24, 2.45) is 0 Å². The Kier molecular flexibility index (Phi) is 2.60. The second-order valence-corrected chi connectivity index (χ2v) is 6.35. The fourth-order valence-electron chi connectivity index (χ4n) is 3.17. The lowest BCUT2D eigenvalue weighted by molar-refractivity contribution is 0.0713. The molecule has 2 aromatic rings. The van der Waals surface area contributed by atoms with Gasteiger partial charge in [-0.1, -0.05) is 24.3 Å². The van der Waals surface area contributed by atoms with E-state index in [2.05, 4.69) is 11.1 Å². The molecule has 0 saturated carbocycles. The molecule has 2 aliphatic rings. The van der Waals surface area contributed by atoms with Gasteiger partial charge in [0.1, 0.15) is 0 Å². The Labute approximate surface area is 122 Å². The van der Waals surface area contributed by atoms with Gasteiger partial charge in [0.05, 0.1) is 5.69 Å². The van der Waals surface area contributed by atoms with Crippen LogP contribution in [-0.4, -0.2) is 28.1 Å². The number of hydrogen-bond acceptors (Lipinski definition) is 3. The van der Waals surface area contributed by atoms with Gasteiger partial charge in [-0.05, 0) is 30.4 Å². The van der Waals surface area contributed by atoms with Crippen LogP contribution in [0.15, 0.2) is 48.7 Å². The summed E-state index contributed by atoms with van der Waals surface area (Å²) in [6.07, 6.45) is 2.85. The highest BCUT2D eigenvalue weighted by Crippen LogP contribution is 2.53. The number of thioether (sulfide) groups is 1. The summed E-state index contributed by atoms with van der Waals surface area (Å²) in [5.41, 5.74) is 2.88. The highest BCUT2D eigenvalue weighted by Gasteiger charge is 2.53. The molecular weight excluding hydrogens is 268 g/mol. The predicted octanol–water partition coefficient (Wildman–Crippen LogP) is 2.88. The van der Waals surface area contributed by atoms with Gasteiger partial charge in [0.15, 0.2) is 4.87 Å². The Balaban J connectivity index is 2.01. The molecule has 20 heavy (non-hydrogen) atoms. The summed E-state index contributed by atoms with van der Waals surface area (Å²) in [4.78, 5) is 18.8. The van der Waals surface area contributed by atoms with Crippen LogP contribution in [0.25, 0.3) is 0 Å². The van der Waals surface area contributed by atoms with E-state index in [9.17, 15) is 4.79 Å². The smallest absolute Gasteiger partial charge is 0.255 e. The summed E-state index contributed by atoms with van der Waals surface area (Å²) >= 11 is 1.82. The van der Waals surface area contributed by atoms with Gasteiger partial charge in [0.2, 0.25) is 0 Å². The largest absolute Gasteiger partial charge is 0.314 e. The Morgan fingerprint density at radius 1 is 1.15 bits per heavy atom. The van der Waals surface area contributed by atoms with E-state index < -0.39 is 4.87 Å². The van der Waals surface area contributed by atoms with Crippen LogP contribution in [0.5, 0.6) is 0 Å². The zero-order valence-corrected chi connectivity index (χ0v) is 11.8. The molecule has 1 saturated heterocycles. The van der Waals surface area contributed by atoms with Crippen molar-refractivity contribution in [1.29, 1.82) is 0 Å². The summed E-state index contributed by atoms with van der Waals surface area (Å²) < 4.78 is 0. The molecule has 0 aliphatic carbocycles. The van der Waals surface area contributed by atoms with E-state index in [1.807, 2.05) is 59.3 Å². The van der Waals surface area contributed by atoms with E-state index in [0.29, 0.717) is 0 Å². The number of aromatic nitrogens is 1. The first-order valence-corrected chi connectivity index (χ1v) is 7.79. The molecule has 1 aromatic heterocycles. The monoisotopic (exact) mass is 282 g/mol. The molecule has 1 amide bonds. The van der Waals surface area contributed by atoms with Crippen molar-refractivity contribution in [3.8, 4) is 0 Å². The fourth-order valence-corrected chi connectivity index (χ4v) is 4.67. The van der Waals surface area contributed by atoms with Crippen LogP contribution >= 0.6 is 11.8 Å². The van der Waals surface area contributed by atoms with Gasteiger partial charge >= 0.3 is 0 Å². The Bertz CT molecular complexity index is 673. The van der Waals surface area contributed by atoms with Gasteiger partial charge in [-0.25, -0.2) is 0 Å². The molecule has 3 heterocycles. The van der Waals surface area contributed by atoms with E-state index in [4.69, 9.17) is 0 Å². The van der Waals surface area contributed by atoms with E-state index in [0.717, 1.165) is 35.5 Å². The van der Waals surface area contributed by atoms with Crippen LogP contribution < -0.4 is 0 Å². The SMILES string of the molecule is O=C1c2ccccc2C2(c3ccccn3)SCCCN12. The molecule has 1 fully saturated rings. The molecule has 100 valence electrons. The number of hydrogen-bond donors (Lipinski definition) is 0. The molecule has 4 rings (SSSR count). The van der Waals surface area contributed by atoms with E-state index >= 15 is 0 Å². The fraction of sp³-hybridized carbons (Fsp3) is 0.250. The van der Waals surface area contributed by atoms with Crippen LogP contribution in [-0.2, 0) is 4.87 Å². The highest BCUT2D eigenvalue weighted by molar-refractivity contribution is 8.00. The molecule has 0 radical (unpaired) electrons. The molecule has 3 nitrogen and oxygen atoms in total. The highest BCUT2D eigenvalue weighted by atomic mass is 32.2. The minimum atomic E-state index is -0.423. The average molecular weight is 282 g/mol. The minimum Gasteiger partial charge on any atom is -0.314 e. The van der Waals surface area contributed by atoms with E-state index in [1.165, 1.54) is 0 Å². The molecule has 1 unspecified atom stereocenters. The number of rotatable bonds is 1. The Hall–Kier alpha value is -1.81. The summed E-state index contributed by atoms with van der Waals surface area (Å²) in [5.74, 6) is 1.19. The van der Waals surface area contributed by atoms with Crippen molar-refractivity contribution in [1.82, 2.24) is 9.88 Å². The van der Waals surface area contributed by atoms with Crippen LogP contribution in [0, 0.1) is 0 Å². The number of benzene rings is 1. The maximum Gasteiger partial charge on any atom is 0.255 e. The van der Waals surface area contributed by atoms with Crippen molar-refractivity contribution >= 4 is 17.7 Å². The molecular formula is C16H14N2OS. The summed E-state index contributed by atoms with van der Waals surface area (Å²) in [7, 11) is 0. The third kappa shape index (κ3) is 1.43. The normalized spacial score (nSPS) is 24.4. The second kappa shape index (κ2) is 4.35. The lowest BCUT2D eigenvalue weighted by Crippen LogP contribution is -2.46. The first kappa shape index (κ1) is 12.0. The van der Waals surface area contributed by atoms with Crippen LogP contribution in [0.1, 0.15) is 28.0 Å². The molecule has 1 atom stereocenters. The number of carbonyl (C=O) groups excluding carboxylic acids is 1. The standard InChI is InChI=1S/C16H14N2OS/c19-15-12-6-1-2-7-13(12)16(14-8-3-4-9-17-14)18(15)10-5-11-20-16/h1-4,6-9H,5,10-11H2. The van der Waals surface area contributed by atoms with Gasteiger partial charge in [-0.3, -0.25) is 9.78 Å². The lowest BCUT2D eigenvalue weighted by atomic mass is 10.0. The number of pyridine rings is 1. The van der Waals surface area contributed by atoms with Gasteiger partial charge in [0, 0.05) is 23.9 Å². The Morgan fingerprint density at radius 3 is 2.85 bits per heavy atom. The van der Waals surface area contributed by atoms with Crippen molar-refractivity contribution in [3.05, 3.63) is 65.5 Å². The number of amides is 1. The molecule has 4 heteroatoms. The quantitative estimate of drug-likeness (QED) is 0.806. The second-order valence-electron chi connectivity index (χ2n) is 5.06. The molecule has 0 bridgehead atoms. The third-order valence-electron chi connectivity index (χ3n) is 4.00. The van der Waals surface area contributed by atoms with Crippen molar-refractivity contribution in [3.63, 3.8) is 0 Å². The summed E-state index contributed by atoms with van der Waals surface area (Å²) in [6, 6.07) is 13.9. The van der Waals surface area contributed by atoms with Gasteiger partial charge in [-0.15, -0.1) is 11.8 Å². The Morgan fingerprint density at radius 2 is 2.00 bits per heavy atom. The average Bonchev–Trinajstić information content (AvgIpc) is 2.80. The summed E-state index contributed by atoms with van der Waals surface area (Å²) in [6.45, 7) is 0.803. The summed E-state index contributed by atoms with van der Waals surface area (Å²) in [5, 5.41) is 0. The van der Waals surface area contributed by atoms with Crippen LogP contribution in [0.3, 0.4) is 0 Å². The van der Waals surface area contributed by atoms with Gasteiger partial charge in [0.25, 0.3) is 5.91 Å². The van der Waals surface area contributed by atoms with E-state index in [-0.39, 0.29) is 5.91 Å². The number of nitrogens with zero attached hydrogens (tertiary/aromatic N) is 2. The number of fused-ring (bicyclic) bond motifs is 3. The first-order chi connectivity index (χ1) is 9.84. The molecule has 0 N–H and O–H groups in total. The van der Waals surface area contributed by atoms with E-state index in [1.54, 1.807) is 0 Å². The maximum atomic E-state index is 12.7. The van der Waals surface area contributed by atoms with Crippen LogP contribution in [0.2, 0.25) is 0 Å². The van der Waals surface area contributed by atoms with Crippen LogP contribution in [0.4, 0.5) is 0 Å². The van der Waals surface area contributed by atoms with Crippen molar-refractivity contribution < 1.29 is 4.79 Å². The minimum absolute atomic E-state index is 0.137. The zero-order chi connectivity index (χ0) is 13.6. The molecule has 1 aromatic carbocycles. The van der Waals surface area contributed by atoms with Gasteiger partial charge < -0.3 is 4.90 Å². The molecule has 0 spiro atoms. The maximum absolute atomic E-state index is 12.7. The van der Waals surface area contributed by atoms with Crippen molar-refractivity contribution in [2.75, 3.05) is 12.3 Å². The predicted molar refractivity (Wildman–Crippen MR) is 79.6 cm³/mol. The first-order valence-electron chi connectivity index (χ1n) is 6.81. The van der Waals surface area contributed by atoms with Gasteiger partial charge in [-0.2, -0.15) is 0 Å².